The van der Waals surface area contributed by atoms with Crippen molar-refractivity contribution in [2.24, 2.45) is 0 Å². The number of halogens is 3. The highest BCUT2D eigenvalue weighted by molar-refractivity contribution is 6.36. The second kappa shape index (κ2) is 7.08. The van der Waals surface area contributed by atoms with Crippen LogP contribution in [0.25, 0.3) is 38.1 Å². The molecular formula is C26H18Cl2FN5. The van der Waals surface area contributed by atoms with E-state index in [-0.39, 0.29) is 5.82 Å². The van der Waals surface area contributed by atoms with E-state index in [9.17, 15) is 0 Å². The topological polar surface area (TPSA) is 49.2 Å². The second-order valence-electron chi connectivity index (χ2n) is 8.84. The molecular weight excluding hydrogens is 472 g/mol. The molecule has 0 saturated heterocycles. The quantitative estimate of drug-likeness (QED) is 0.257. The Morgan fingerprint density at radius 3 is 2.76 bits per heavy atom. The van der Waals surface area contributed by atoms with Crippen molar-refractivity contribution < 1.29 is 4.39 Å². The Bertz CT molecular complexity index is 1800. The van der Waals surface area contributed by atoms with Crippen LogP contribution in [-0.4, -0.2) is 26.1 Å². The number of rotatable bonds is 1. The summed E-state index contributed by atoms with van der Waals surface area (Å²) in [5.74, 6) is 0.407. The minimum absolute atomic E-state index is 0.274. The van der Waals surface area contributed by atoms with Gasteiger partial charge in [0.05, 0.1) is 26.6 Å². The van der Waals surface area contributed by atoms with Crippen LogP contribution in [0.5, 0.6) is 0 Å². The zero-order valence-electron chi connectivity index (χ0n) is 18.2. The van der Waals surface area contributed by atoms with Gasteiger partial charge in [-0.05, 0) is 24.6 Å². The van der Waals surface area contributed by atoms with E-state index in [0.717, 1.165) is 57.0 Å². The molecule has 5 heterocycles. The molecule has 0 amide bonds. The zero-order chi connectivity index (χ0) is 23.1. The highest BCUT2D eigenvalue weighted by atomic mass is 35.5. The van der Waals surface area contributed by atoms with Crippen molar-refractivity contribution in [1.29, 1.82) is 0 Å². The number of pyridine rings is 2. The minimum Gasteiger partial charge on any atom is -0.351 e. The van der Waals surface area contributed by atoms with E-state index in [4.69, 9.17) is 23.2 Å². The Balaban J connectivity index is 1.60. The number of nitrogens with zero attached hydrogens (tertiary/aromatic N) is 4. The van der Waals surface area contributed by atoms with Crippen LogP contribution in [-0.2, 0) is 13.0 Å². The normalized spacial score (nSPS) is 14.1. The molecule has 6 aromatic rings. The Labute approximate surface area is 203 Å². The van der Waals surface area contributed by atoms with Crippen molar-refractivity contribution in [3.05, 3.63) is 81.5 Å². The second-order valence-corrected chi connectivity index (χ2v) is 9.68. The summed E-state index contributed by atoms with van der Waals surface area (Å²) in [6.07, 6.45) is 4.10. The maximum absolute atomic E-state index is 15.8. The average molecular weight is 490 g/mol. The summed E-state index contributed by atoms with van der Waals surface area (Å²) in [5, 5.41) is 8.05. The molecule has 168 valence electrons. The fraction of sp³-hybridized carbons (Fsp3) is 0.154. The van der Waals surface area contributed by atoms with Gasteiger partial charge < -0.3 is 4.90 Å². The third-order valence-corrected chi connectivity index (χ3v) is 7.39. The van der Waals surface area contributed by atoms with Gasteiger partial charge in [0.2, 0.25) is 0 Å². The summed E-state index contributed by atoms with van der Waals surface area (Å²) in [7, 11) is 0. The van der Waals surface area contributed by atoms with Gasteiger partial charge in [0.1, 0.15) is 11.6 Å². The SMILES string of the molecule is Cc1cccc2c3c4ccnc4cc(F)c3c3c4c([nH]n3c12)CCN(c1ncc(Cl)cc1Cl)C4. The number of fused-ring (bicyclic) bond motifs is 10. The lowest BCUT2D eigenvalue weighted by molar-refractivity contribution is 0.641. The third-order valence-electron chi connectivity index (χ3n) is 6.91. The number of aromatic amines is 1. The van der Waals surface area contributed by atoms with Gasteiger partial charge in [0, 0.05) is 70.8 Å². The lowest BCUT2D eigenvalue weighted by Crippen LogP contribution is -2.31. The third kappa shape index (κ3) is 2.67. The molecule has 7 rings (SSSR count). The largest absolute Gasteiger partial charge is 0.351 e. The van der Waals surface area contributed by atoms with Crippen LogP contribution in [0.1, 0.15) is 16.8 Å². The smallest absolute Gasteiger partial charge is 0.147 e. The molecule has 4 aromatic heterocycles. The summed E-state index contributed by atoms with van der Waals surface area (Å²) < 4.78 is 17.9. The Kier molecular flexibility index (Phi) is 4.17. The van der Waals surface area contributed by atoms with Gasteiger partial charge in [0.15, 0.2) is 0 Å². The van der Waals surface area contributed by atoms with Crippen molar-refractivity contribution in [2.75, 3.05) is 11.4 Å². The molecule has 0 spiro atoms. The number of anilines is 1. The van der Waals surface area contributed by atoms with Gasteiger partial charge in [-0.15, -0.1) is 0 Å². The number of benzene rings is 2. The van der Waals surface area contributed by atoms with E-state index in [2.05, 4.69) is 43.5 Å². The fourth-order valence-electron chi connectivity index (χ4n) is 5.47. The molecule has 0 bridgehead atoms. The lowest BCUT2D eigenvalue weighted by Gasteiger charge is -2.28. The number of aromatic nitrogens is 4. The minimum atomic E-state index is -0.274. The predicted molar refractivity (Wildman–Crippen MR) is 136 cm³/mol. The van der Waals surface area contributed by atoms with Crippen LogP contribution in [0, 0.1) is 12.7 Å². The first kappa shape index (κ1) is 20.1. The van der Waals surface area contributed by atoms with E-state index in [1.807, 2.05) is 12.1 Å². The van der Waals surface area contributed by atoms with E-state index < -0.39 is 0 Å². The first-order chi connectivity index (χ1) is 16.5. The summed E-state index contributed by atoms with van der Waals surface area (Å²) >= 11 is 12.6. The molecule has 34 heavy (non-hydrogen) atoms. The highest BCUT2D eigenvalue weighted by Crippen LogP contribution is 2.41. The maximum atomic E-state index is 15.8. The molecule has 0 unspecified atom stereocenters. The van der Waals surface area contributed by atoms with Gasteiger partial charge in [-0.25, -0.2) is 9.37 Å². The molecule has 0 fully saturated rings. The first-order valence-electron chi connectivity index (χ1n) is 11.1. The summed E-state index contributed by atoms with van der Waals surface area (Å²) in [4.78, 5) is 11.0. The predicted octanol–water partition coefficient (Wildman–Crippen LogP) is 6.83. The first-order valence-corrected chi connectivity index (χ1v) is 11.8. The van der Waals surface area contributed by atoms with Crippen molar-refractivity contribution >= 4 is 67.1 Å². The summed E-state index contributed by atoms with van der Waals surface area (Å²) in [6, 6.07) is 11.4. The van der Waals surface area contributed by atoms with Gasteiger partial charge in [0.25, 0.3) is 0 Å². The van der Waals surface area contributed by atoms with Crippen LogP contribution in [0.15, 0.2) is 48.8 Å². The number of hydrogen-bond donors (Lipinski definition) is 1. The average Bonchev–Trinajstić information content (AvgIpc) is 3.42. The number of aryl methyl sites for hydroxylation is 1. The van der Waals surface area contributed by atoms with Crippen LogP contribution < -0.4 is 4.90 Å². The Morgan fingerprint density at radius 2 is 1.91 bits per heavy atom. The van der Waals surface area contributed by atoms with Crippen LogP contribution in [0.3, 0.4) is 0 Å². The molecule has 1 N–H and O–H groups in total. The van der Waals surface area contributed by atoms with E-state index in [0.29, 0.717) is 33.3 Å². The zero-order valence-corrected chi connectivity index (χ0v) is 19.7. The molecule has 0 radical (unpaired) electrons. The van der Waals surface area contributed by atoms with E-state index in [1.165, 1.54) is 6.07 Å². The maximum Gasteiger partial charge on any atom is 0.147 e. The van der Waals surface area contributed by atoms with Crippen molar-refractivity contribution in [3.8, 4) is 0 Å². The van der Waals surface area contributed by atoms with Gasteiger partial charge in [-0.2, -0.15) is 0 Å². The number of H-pyrrole nitrogens is 1. The summed E-state index contributed by atoms with van der Waals surface area (Å²) in [5.41, 5.74) is 5.82. The molecule has 0 atom stereocenters. The molecule has 8 heteroatoms. The van der Waals surface area contributed by atoms with E-state index >= 15 is 4.39 Å². The number of nitrogens with one attached hydrogen (secondary N) is 1. The van der Waals surface area contributed by atoms with Crippen molar-refractivity contribution in [2.45, 2.75) is 19.9 Å². The summed E-state index contributed by atoms with van der Waals surface area (Å²) in [6.45, 7) is 3.38. The molecule has 1 aliphatic heterocycles. The molecule has 0 aliphatic carbocycles. The van der Waals surface area contributed by atoms with Gasteiger partial charge >= 0.3 is 0 Å². The Hall–Kier alpha value is -3.35. The standard InChI is InChI=1S/C26H18Cl2FN5/c1-13-3-2-4-16-22-15-5-7-30-21(15)10-19(29)23(22)25-17-12-33(26-18(28)9-14(27)11-31-26)8-6-20(17)32-34(25)24(13)16/h2-5,7,9-11,32H,6,8,12H2,1H3. The van der Waals surface area contributed by atoms with E-state index in [1.54, 1.807) is 18.5 Å². The molecule has 0 saturated carbocycles. The monoisotopic (exact) mass is 489 g/mol. The van der Waals surface area contributed by atoms with Crippen LogP contribution >= 0.6 is 23.2 Å². The lowest BCUT2D eigenvalue weighted by atomic mass is 9.96. The molecule has 5 nitrogen and oxygen atoms in total. The Morgan fingerprint density at radius 1 is 1.03 bits per heavy atom. The molecule has 2 aromatic carbocycles. The molecule has 1 aliphatic rings. The highest BCUT2D eigenvalue weighted by Gasteiger charge is 2.27. The number of hydrogen-bond acceptors (Lipinski definition) is 3. The van der Waals surface area contributed by atoms with Crippen molar-refractivity contribution in [1.82, 2.24) is 19.6 Å². The number of para-hydroxylation sites is 1. The van der Waals surface area contributed by atoms with Gasteiger partial charge in [-0.1, -0.05) is 41.4 Å². The van der Waals surface area contributed by atoms with Gasteiger partial charge in [-0.3, -0.25) is 14.6 Å². The van der Waals surface area contributed by atoms with Crippen LogP contribution in [0.2, 0.25) is 10.0 Å². The fourth-order valence-corrected chi connectivity index (χ4v) is 5.97. The van der Waals surface area contributed by atoms with Crippen molar-refractivity contribution in [3.63, 3.8) is 0 Å². The van der Waals surface area contributed by atoms with Crippen LogP contribution in [0.4, 0.5) is 10.2 Å².